The van der Waals surface area contributed by atoms with Crippen molar-refractivity contribution in [2.45, 2.75) is 59.4 Å². The number of nitrogens with zero attached hydrogens (tertiary/aromatic N) is 1. The molecule has 0 aromatic heterocycles. The smallest absolute Gasteiger partial charge is 0.222 e. The Kier molecular flexibility index (Phi) is 4.99. The van der Waals surface area contributed by atoms with Crippen LogP contribution in [0.15, 0.2) is 0 Å². The largest absolute Gasteiger partial charge is 0.342 e. The highest BCUT2D eigenvalue weighted by atomic mass is 16.2. The zero-order chi connectivity index (χ0) is 13.1. The van der Waals surface area contributed by atoms with Crippen LogP contribution in [0.5, 0.6) is 0 Å². The van der Waals surface area contributed by atoms with E-state index in [2.05, 4.69) is 20.8 Å². The minimum absolute atomic E-state index is 0.212. The summed E-state index contributed by atoms with van der Waals surface area (Å²) in [6.45, 7) is 10.7. The second-order valence-corrected chi connectivity index (χ2v) is 6.56. The zero-order valence-electron chi connectivity index (χ0n) is 11.8. The van der Waals surface area contributed by atoms with Gasteiger partial charge in [-0.2, -0.15) is 0 Å². The molecule has 3 nitrogen and oxygen atoms in total. The molecule has 1 amide bonds. The Morgan fingerprint density at radius 2 is 2.12 bits per heavy atom. The van der Waals surface area contributed by atoms with Crippen molar-refractivity contribution in [3.63, 3.8) is 0 Å². The molecule has 2 atom stereocenters. The minimum atomic E-state index is 0.212. The molecule has 1 rings (SSSR count). The molecule has 2 N–H and O–H groups in total. The van der Waals surface area contributed by atoms with Gasteiger partial charge in [0.1, 0.15) is 0 Å². The van der Waals surface area contributed by atoms with Crippen LogP contribution in [-0.4, -0.2) is 29.9 Å². The van der Waals surface area contributed by atoms with Crippen LogP contribution in [0.1, 0.15) is 53.4 Å². The lowest BCUT2D eigenvalue weighted by Crippen LogP contribution is -2.31. The second kappa shape index (κ2) is 5.85. The number of hydrogen-bond acceptors (Lipinski definition) is 2. The first kappa shape index (κ1) is 14.5. The zero-order valence-corrected chi connectivity index (χ0v) is 11.8. The molecule has 0 radical (unpaired) electrons. The summed E-state index contributed by atoms with van der Waals surface area (Å²) in [5.74, 6) is 0.970. The molecule has 0 saturated carbocycles. The van der Waals surface area contributed by atoms with Gasteiger partial charge >= 0.3 is 0 Å². The third-order valence-corrected chi connectivity index (χ3v) is 3.82. The first-order valence-electron chi connectivity index (χ1n) is 6.84. The van der Waals surface area contributed by atoms with Gasteiger partial charge in [-0.25, -0.2) is 0 Å². The molecule has 1 saturated heterocycles. The van der Waals surface area contributed by atoms with Crippen molar-refractivity contribution in [1.82, 2.24) is 4.90 Å². The maximum atomic E-state index is 12.0. The van der Waals surface area contributed by atoms with Gasteiger partial charge in [-0.05, 0) is 37.5 Å². The Bertz CT molecular complexity index is 255. The molecule has 1 aliphatic heterocycles. The van der Waals surface area contributed by atoms with E-state index in [0.717, 1.165) is 32.4 Å². The minimum Gasteiger partial charge on any atom is -0.342 e. The van der Waals surface area contributed by atoms with Crippen molar-refractivity contribution in [3.8, 4) is 0 Å². The molecule has 0 aromatic rings. The average molecular weight is 240 g/mol. The number of likely N-dealkylation sites (tertiary alicyclic amines) is 1. The Morgan fingerprint density at radius 3 is 2.59 bits per heavy atom. The number of hydrogen-bond donors (Lipinski definition) is 1. The van der Waals surface area contributed by atoms with Crippen LogP contribution >= 0.6 is 0 Å². The maximum Gasteiger partial charge on any atom is 0.222 e. The second-order valence-electron chi connectivity index (χ2n) is 6.56. The van der Waals surface area contributed by atoms with E-state index >= 15 is 0 Å². The topological polar surface area (TPSA) is 46.3 Å². The third-order valence-electron chi connectivity index (χ3n) is 3.82. The Labute approximate surface area is 106 Å². The van der Waals surface area contributed by atoms with E-state index in [0.29, 0.717) is 23.7 Å². The van der Waals surface area contributed by atoms with Crippen LogP contribution in [-0.2, 0) is 4.79 Å². The Balaban J connectivity index is 2.31. The molecule has 0 aromatic carbocycles. The van der Waals surface area contributed by atoms with Gasteiger partial charge in [0.25, 0.3) is 0 Å². The predicted octanol–water partition coefficient (Wildman–Crippen LogP) is 2.40. The number of rotatable bonds is 4. The molecule has 17 heavy (non-hydrogen) atoms. The van der Waals surface area contributed by atoms with Gasteiger partial charge in [-0.1, -0.05) is 20.8 Å². The van der Waals surface area contributed by atoms with Crippen molar-refractivity contribution in [1.29, 1.82) is 0 Å². The number of nitrogens with two attached hydrogens (primary N) is 1. The van der Waals surface area contributed by atoms with Gasteiger partial charge in [0.05, 0.1) is 0 Å². The van der Waals surface area contributed by atoms with Gasteiger partial charge in [0, 0.05) is 25.6 Å². The number of amides is 1. The van der Waals surface area contributed by atoms with E-state index in [9.17, 15) is 4.79 Å². The Hall–Kier alpha value is -0.570. The molecule has 1 heterocycles. The summed E-state index contributed by atoms with van der Waals surface area (Å²) in [7, 11) is 0. The quantitative estimate of drug-likeness (QED) is 0.820. The van der Waals surface area contributed by atoms with Crippen molar-refractivity contribution in [3.05, 3.63) is 0 Å². The molecule has 100 valence electrons. The van der Waals surface area contributed by atoms with E-state index < -0.39 is 0 Å². The molecular formula is C14H28N2O. The first-order chi connectivity index (χ1) is 7.80. The highest BCUT2D eigenvalue weighted by Crippen LogP contribution is 2.33. The summed E-state index contributed by atoms with van der Waals surface area (Å²) in [6, 6.07) is 0.212. The fraction of sp³-hybridized carbons (Fsp3) is 0.929. The summed E-state index contributed by atoms with van der Waals surface area (Å²) in [5, 5.41) is 0. The van der Waals surface area contributed by atoms with Crippen molar-refractivity contribution in [2.75, 3.05) is 13.1 Å². The summed E-state index contributed by atoms with van der Waals surface area (Å²) < 4.78 is 0. The molecule has 1 fully saturated rings. The fourth-order valence-corrected chi connectivity index (χ4v) is 2.43. The standard InChI is InChI=1S/C14H28N2O/c1-11(15)6-5-7-13(17)16-9-8-12(10-16)14(2,3)4/h11-12H,5-10,15H2,1-4H3. The molecule has 0 bridgehead atoms. The first-order valence-corrected chi connectivity index (χ1v) is 6.84. The van der Waals surface area contributed by atoms with Crippen molar-refractivity contribution >= 4 is 5.91 Å². The number of carbonyl (C=O) groups is 1. The van der Waals surface area contributed by atoms with Crippen LogP contribution < -0.4 is 5.73 Å². The molecule has 2 unspecified atom stereocenters. The lowest BCUT2D eigenvalue weighted by atomic mass is 9.80. The van der Waals surface area contributed by atoms with E-state index in [1.807, 2.05) is 11.8 Å². The molecule has 1 aliphatic rings. The average Bonchev–Trinajstić information content (AvgIpc) is 2.64. The van der Waals surface area contributed by atoms with Crippen LogP contribution in [0.3, 0.4) is 0 Å². The highest BCUT2D eigenvalue weighted by Gasteiger charge is 2.33. The molecular weight excluding hydrogens is 212 g/mol. The summed E-state index contributed by atoms with van der Waals surface area (Å²) in [5.41, 5.74) is 6.01. The Morgan fingerprint density at radius 1 is 1.47 bits per heavy atom. The summed E-state index contributed by atoms with van der Waals surface area (Å²) >= 11 is 0. The van der Waals surface area contributed by atoms with Crippen LogP contribution in [0.2, 0.25) is 0 Å². The van der Waals surface area contributed by atoms with Crippen LogP contribution in [0.4, 0.5) is 0 Å². The summed E-state index contributed by atoms with van der Waals surface area (Å²) in [4.78, 5) is 14.0. The maximum absolute atomic E-state index is 12.0. The molecule has 3 heteroatoms. The summed E-state index contributed by atoms with van der Waals surface area (Å²) in [6.07, 6.45) is 3.69. The van der Waals surface area contributed by atoms with E-state index in [1.54, 1.807) is 0 Å². The fourth-order valence-electron chi connectivity index (χ4n) is 2.43. The normalized spacial score (nSPS) is 22.9. The van der Waals surface area contributed by atoms with Crippen LogP contribution in [0.25, 0.3) is 0 Å². The molecule has 0 spiro atoms. The highest BCUT2D eigenvalue weighted by molar-refractivity contribution is 5.76. The van der Waals surface area contributed by atoms with Gasteiger partial charge < -0.3 is 10.6 Å². The monoisotopic (exact) mass is 240 g/mol. The van der Waals surface area contributed by atoms with Gasteiger partial charge in [0.15, 0.2) is 0 Å². The van der Waals surface area contributed by atoms with Crippen molar-refractivity contribution in [2.24, 2.45) is 17.1 Å². The molecule has 0 aliphatic carbocycles. The van der Waals surface area contributed by atoms with Gasteiger partial charge in [-0.15, -0.1) is 0 Å². The lowest BCUT2D eigenvalue weighted by Gasteiger charge is -2.27. The van der Waals surface area contributed by atoms with E-state index in [-0.39, 0.29) is 6.04 Å². The SMILES string of the molecule is CC(N)CCCC(=O)N1CCC(C(C)(C)C)C1. The van der Waals surface area contributed by atoms with E-state index in [1.165, 1.54) is 0 Å². The predicted molar refractivity (Wildman–Crippen MR) is 71.6 cm³/mol. The van der Waals surface area contributed by atoms with E-state index in [4.69, 9.17) is 5.73 Å². The van der Waals surface area contributed by atoms with Crippen LogP contribution in [0, 0.1) is 11.3 Å². The third kappa shape index (κ3) is 4.66. The van der Waals surface area contributed by atoms with Crippen molar-refractivity contribution < 1.29 is 4.79 Å². The van der Waals surface area contributed by atoms with Gasteiger partial charge in [-0.3, -0.25) is 4.79 Å². The number of carbonyl (C=O) groups excluding carboxylic acids is 1. The van der Waals surface area contributed by atoms with Gasteiger partial charge in [0.2, 0.25) is 5.91 Å². The lowest BCUT2D eigenvalue weighted by molar-refractivity contribution is -0.130.